The first-order chi connectivity index (χ1) is 8.47. The number of amides is 1. The maximum atomic E-state index is 12.0. The number of nitrogens with one attached hydrogen (secondary N) is 1. The topological polar surface area (TPSA) is 67.8 Å². The zero-order chi connectivity index (χ0) is 13.3. The standard InChI is InChI=1S/C11H14N4OS2/c1-5(2)10-14-15-11(18-10)13-9(16)8-6(3)12-7(4)17-8/h5H,1-4H3,(H,13,15,16). The molecule has 0 aliphatic rings. The Labute approximate surface area is 113 Å². The molecule has 0 radical (unpaired) electrons. The number of carbonyl (C=O) groups excluding carboxylic acids is 1. The molecule has 2 aromatic rings. The van der Waals surface area contributed by atoms with Crippen LogP contribution in [0.1, 0.15) is 45.1 Å². The zero-order valence-corrected chi connectivity index (χ0v) is 12.3. The van der Waals surface area contributed by atoms with Crippen LogP contribution < -0.4 is 5.32 Å². The van der Waals surface area contributed by atoms with Crippen LogP contribution in [-0.4, -0.2) is 21.1 Å². The van der Waals surface area contributed by atoms with E-state index < -0.39 is 0 Å². The summed E-state index contributed by atoms with van der Waals surface area (Å²) in [5.41, 5.74) is 0.753. The van der Waals surface area contributed by atoms with E-state index in [1.165, 1.54) is 22.7 Å². The quantitative estimate of drug-likeness (QED) is 0.939. The van der Waals surface area contributed by atoms with E-state index in [2.05, 4.69) is 20.5 Å². The van der Waals surface area contributed by atoms with Crippen molar-refractivity contribution in [2.45, 2.75) is 33.6 Å². The lowest BCUT2D eigenvalue weighted by Gasteiger charge is -1.98. The number of rotatable bonds is 3. The summed E-state index contributed by atoms with van der Waals surface area (Å²) in [6.07, 6.45) is 0. The lowest BCUT2D eigenvalue weighted by Crippen LogP contribution is -2.11. The molecule has 1 N–H and O–H groups in total. The SMILES string of the molecule is Cc1nc(C)c(C(=O)Nc2nnc(C(C)C)s2)s1. The lowest BCUT2D eigenvalue weighted by atomic mass is 10.2. The third kappa shape index (κ3) is 2.73. The molecular weight excluding hydrogens is 268 g/mol. The van der Waals surface area contributed by atoms with E-state index in [0.29, 0.717) is 15.9 Å². The molecule has 96 valence electrons. The average Bonchev–Trinajstić information content (AvgIpc) is 2.85. The number of hydrogen-bond acceptors (Lipinski definition) is 6. The van der Waals surface area contributed by atoms with Crippen molar-refractivity contribution in [3.8, 4) is 0 Å². The Balaban J connectivity index is 2.13. The smallest absolute Gasteiger partial charge is 0.269 e. The molecule has 2 heterocycles. The summed E-state index contributed by atoms with van der Waals surface area (Å²) in [6.45, 7) is 7.81. The summed E-state index contributed by atoms with van der Waals surface area (Å²) in [7, 11) is 0. The first-order valence-electron chi connectivity index (χ1n) is 5.56. The van der Waals surface area contributed by atoms with Crippen molar-refractivity contribution in [3.63, 3.8) is 0 Å². The summed E-state index contributed by atoms with van der Waals surface area (Å²) >= 11 is 2.79. The van der Waals surface area contributed by atoms with Gasteiger partial charge in [0.15, 0.2) is 0 Å². The molecule has 2 rings (SSSR count). The van der Waals surface area contributed by atoms with E-state index in [9.17, 15) is 4.79 Å². The van der Waals surface area contributed by atoms with Gasteiger partial charge in [0.25, 0.3) is 5.91 Å². The largest absolute Gasteiger partial charge is 0.296 e. The van der Waals surface area contributed by atoms with Crippen molar-refractivity contribution >= 4 is 33.7 Å². The van der Waals surface area contributed by atoms with E-state index in [-0.39, 0.29) is 5.91 Å². The summed E-state index contributed by atoms with van der Waals surface area (Å²) in [5, 5.41) is 13.1. The molecule has 0 aromatic carbocycles. The lowest BCUT2D eigenvalue weighted by molar-refractivity contribution is 0.102. The molecule has 2 aromatic heterocycles. The molecule has 0 unspecified atom stereocenters. The number of nitrogens with zero attached hydrogens (tertiary/aromatic N) is 3. The summed E-state index contributed by atoms with van der Waals surface area (Å²) in [4.78, 5) is 16.9. The van der Waals surface area contributed by atoms with Crippen LogP contribution in [0, 0.1) is 13.8 Å². The van der Waals surface area contributed by atoms with Gasteiger partial charge in [0.1, 0.15) is 9.88 Å². The van der Waals surface area contributed by atoms with Crippen LogP contribution >= 0.6 is 22.7 Å². The van der Waals surface area contributed by atoms with Crippen molar-refractivity contribution in [2.75, 3.05) is 5.32 Å². The van der Waals surface area contributed by atoms with Crippen molar-refractivity contribution in [3.05, 3.63) is 20.6 Å². The predicted octanol–water partition coefficient (Wildman–Crippen LogP) is 2.99. The van der Waals surface area contributed by atoms with Gasteiger partial charge in [-0.25, -0.2) is 4.98 Å². The van der Waals surface area contributed by atoms with Crippen LogP contribution in [0.25, 0.3) is 0 Å². The van der Waals surface area contributed by atoms with Gasteiger partial charge in [-0.1, -0.05) is 25.2 Å². The molecule has 1 amide bonds. The summed E-state index contributed by atoms with van der Waals surface area (Å²) in [6, 6.07) is 0. The molecular formula is C11H14N4OS2. The monoisotopic (exact) mass is 282 g/mol. The first kappa shape index (κ1) is 13.1. The van der Waals surface area contributed by atoms with Crippen molar-refractivity contribution < 1.29 is 4.79 Å². The highest BCUT2D eigenvalue weighted by molar-refractivity contribution is 7.16. The fourth-order valence-electron chi connectivity index (χ4n) is 1.41. The highest BCUT2D eigenvalue weighted by Gasteiger charge is 2.16. The molecule has 0 saturated carbocycles. The van der Waals surface area contributed by atoms with Gasteiger partial charge in [-0.05, 0) is 13.8 Å². The van der Waals surface area contributed by atoms with E-state index >= 15 is 0 Å². The Kier molecular flexibility index (Phi) is 3.72. The molecule has 0 atom stereocenters. The van der Waals surface area contributed by atoms with Gasteiger partial charge in [-0.2, -0.15) is 0 Å². The van der Waals surface area contributed by atoms with Crippen molar-refractivity contribution in [1.82, 2.24) is 15.2 Å². The van der Waals surface area contributed by atoms with Crippen molar-refractivity contribution in [1.29, 1.82) is 0 Å². The minimum absolute atomic E-state index is 0.162. The second kappa shape index (κ2) is 5.11. The van der Waals surface area contributed by atoms with Crippen LogP contribution in [0.4, 0.5) is 5.13 Å². The van der Waals surface area contributed by atoms with Crippen LogP contribution in [0.15, 0.2) is 0 Å². The van der Waals surface area contributed by atoms with Crippen LogP contribution in [0.5, 0.6) is 0 Å². The van der Waals surface area contributed by atoms with E-state index in [1.54, 1.807) is 0 Å². The first-order valence-corrected chi connectivity index (χ1v) is 7.19. The van der Waals surface area contributed by atoms with Crippen LogP contribution in [-0.2, 0) is 0 Å². The molecule has 0 fully saturated rings. The molecule has 0 spiro atoms. The second-order valence-electron chi connectivity index (χ2n) is 4.20. The van der Waals surface area contributed by atoms with Gasteiger partial charge in [-0.3, -0.25) is 10.1 Å². The Morgan fingerprint density at radius 2 is 1.94 bits per heavy atom. The van der Waals surface area contributed by atoms with Gasteiger partial charge in [-0.15, -0.1) is 21.5 Å². The molecule has 7 heteroatoms. The third-order valence-electron chi connectivity index (χ3n) is 2.26. The molecule has 0 bridgehead atoms. The van der Waals surface area contributed by atoms with E-state index in [0.717, 1.165) is 15.7 Å². The van der Waals surface area contributed by atoms with Gasteiger partial charge in [0.2, 0.25) is 5.13 Å². The number of carbonyl (C=O) groups is 1. The van der Waals surface area contributed by atoms with E-state index in [1.807, 2.05) is 27.7 Å². The van der Waals surface area contributed by atoms with Gasteiger partial charge < -0.3 is 0 Å². The summed E-state index contributed by atoms with van der Waals surface area (Å²) < 4.78 is 0. The average molecular weight is 282 g/mol. The van der Waals surface area contributed by atoms with E-state index in [4.69, 9.17) is 0 Å². The normalized spacial score (nSPS) is 10.9. The maximum absolute atomic E-state index is 12.0. The number of anilines is 1. The van der Waals surface area contributed by atoms with Crippen molar-refractivity contribution in [2.24, 2.45) is 0 Å². The highest BCUT2D eigenvalue weighted by Crippen LogP contribution is 2.24. The number of hydrogen-bond donors (Lipinski definition) is 1. The molecule has 0 aliphatic heterocycles. The minimum atomic E-state index is -0.162. The van der Waals surface area contributed by atoms with Gasteiger partial charge in [0, 0.05) is 5.92 Å². The number of aromatic nitrogens is 3. The zero-order valence-electron chi connectivity index (χ0n) is 10.6. The van der Waals surface area contributed by atoms with Gasteiger partial charge in [0.05, 0.1) is 10.7 Å². The minimum Gasteiger partial charge on any atom is -0.296 e. The second-order valence-corrected chi connectivity index (χ2v) is 6.41. The molecule has 0 saturated heterocycles. The fourth-order valence-corrected chi connectivity index (χ4v) is 2.97. The fraction of sp³-hybridized carbons (Fsp3) is 0.455. The van der Waals surface area contributed by atoms with Gasteiger partial charge >= 0.3 is 0 Å². The number of thiazole rings is 1. The molecule has 0 aliphatic carbocycles. The molecule has 18 heavy (non-hydrogen) atoms. The van der Waals surface area contributed by atoms with Crippen LogP contribution in [0.3, 0.4) is 0 Å². The third-order valence-corrected chi connectivity index (χ3v) is 4.48. The Bertz CT molecular complexity index is 573. The summed E-state index contributed by atoms with van der Waals surface area (Å²) in [5.74, 6) is 0.157. The molecule has 5 nitrogen and oxygen atoms in total. The Hall–Kier alpha value is -1.34. The van der Waals surface area contributed by atoms with Crippen LogP contribution in [0.2, 0.25) is 0 Å². The predicted molar refractivity (Wildman–Crippen MR) is 73.5 cm³/mol. The number of aryl methyl sites for hydroxylation is 2. The highest BCUT2D eigenvalue weighted by atomic mass is 32.1. The maximum Gasteiger partial charge on any atom is 0.269 e. The Morgan fingerprint density at radius 1 is 1.22 bits per heavy atom. The Morgan fingerprint density at radius 3 is 2.44 bits per heavy atom.